The van der Waals surface area contributed by atoms with Crippen molar-refractivity contribution in [2.45, 2.75) is 39.2 Å². The molecule has 0 spiro atoms. The van der Waals surface area contributed by atoms with Crippen LogP contribution in [0.1, 0.15) is 43.7 Å². The average molecular weight is 239 g/mol. The highest BCUT2D eigenvalue weighted by molar-refractivity contribution is 5.79. The monoisotopic (exact) mass is 239 g/mol. The molecule has 1 aromatic rings. The third kappa shape index (κ3) is 4.91. The Morgan fingerprint density at radius 2 is 2.29 bits per heavy atom. The predicted octanol–water partition coefficient (Wildman–Crippen LogP) is 2.16. The molecule has 0 saturated carbocycles. The molecule has 0 amide bonds. The molecule has 0 radical (unpaired) electrons. The van der Waals surface area contributed by atoms with E-state index >= 15 is 0 Å². The van der Waals surface area contributed by atoms with Crippen molar-refractivity contribution in [3.05, 3.63) is 23.7 Å². The fourth-order valence-electron chi connectivity index (χ4n) is 1.59. The highest BCUT2D eigenvalue weighted by Gasteiger charge is 2.07. The second kappa shape index (κ2) is 6.96. The van der Waals surface area contributed by atoms with Gasteiger partial charge in [-0.15, -0.1) is 0 Å². The number of nitrogens with zero attached hydrogens (tertiary/aromatic N) is 1. The smallest absolute Gasteiger partial charge is 0.139 e. The van der Waals surface area contributed by atoms with E-state index in [1.807, 2.05) is 19.1 Å². The third-order valence-electron chi connectivity index (χ3n) is 2.63. The van der Waals surface area contributed by atoms with Gasteiger partial charge in [0.1, 0.15) is 17.4 Å². The minimum absolute atomic E-state index is 0.215. The van der Waals surface area contributed by atoms with Crippen molar-refractivity contribution in [1.29, 1.82) is 0 Å². The summed E-state index contributed by atoms with van der Waals surface area (Å²) in [5.41, 5.74) is 5.37. The molecule has 0 aliphatic heterocycles. The fourth-order valence-corrected chi connectivity index (χ4v) is 1.59. The van der Waals surface area contributed by atoms with Gasteiger partial charge in [-0.2, -0.15) is 0 Å². The quantitative estimate of drug-likeness (QED) is 0.224. The van der Waals surface area contributed by atoms with Crippen LogP contribution in [0.15, 0.2) is 21.7 Å². The van der Waals surface area contributed by atoms with Crippen molar-refractivity contribution in [2.24, 2.45) is 10.9 Å². The Labute approximate surface area is 102 Å². The number of rotatable bonds is 7. The number of oxime groups is 1. The maximum Gasteiger partial charge on any atom is 0.139 e. The second-order valence-electron chi connectivity index (χ2n) is 4.17. The first-order valence-electron chi connectivity index (χ1n) is 5.89. The Balaban J connectivity index is 2.14. The molecule has 1 heterocycles. The van der Waals surface area contributed by atoms with Gasteiger partial charge in [-0.05, 0) is 45.4 Å². The second-order valence-corrected chi connectivity index (χ2v) is 4.17. The van der Waals surface area contributed by atoms with Crippen molar-refractivity contribution < 1.29 is 9.62 Å². The van der Waals surface area contributed by atoms with Crippen LogP contribution < -0.4 is 11.1 Å². The molecular weight excluding hydrogens is 218 g/mol. The van der Waals surface area contributed by atoms with Crippen molar-refractivity contribution in [3.63, 3.8) is 0 Å². The molecule has 0 saturated heterocycles. The van der Waals surface area contributed by atoms with Crippen LogP contribution in [0, 0.1) is 6.92 Å². The number of hydrogen-bond donors (Lipinski definition) is 3. The van der Waals surface area contributed by atoms with Gasteiger partial charge in [0.25, 0.3) is 0 Å². The van der Waals surface area contributed by atoms with E-state index in [1.165, 1.54) is 0 Å². The molecule has 0 aliphatic carbocycles. The summed E-state index contributed by atoms with van der Waals surface area (Å²) >= 11 is 0. The molecule has 1 rings (SSSR count). The lowest BCUT2D eigenvalue weighted by molar-refractivity contribution is 0.316. The Kier molecular flexibility index (Phi) is 5.56. The highest BCUT2D eigenvalue weighted by Crippen LogP contribution is 2.15. The lowest BCUT2D eigenvalue weighted by Gasteiger charge is -2.10. The van der Waals surface area contributed by atoms with E-state index in [0.29, 0.717) is 12.3 Å². The van der Waals surface area contributed by atoms with E-state index in [-0.39, 0.29) is 6.04 Å². The van der Waals surface area contributed by atoms with Gasteiger partial charge in [-0.25, -0.2) is 0 Å². The zero-order valence-electron chi connectivity index (χ0n) is 10.4. The first kappa shape index (κ1) is 13.6. The fraction of sp³-hybridized carbons (Fsp3) is 0.583. The molecule has 5 nitrogen and oxygen atoms in total. The Morgan fingerprint density at radius 3 is 2.88 bits per heavy atom. The number of nitrogens with one attached hydrogen (secondary N) is 1. The maximum absolute atomic E-state index is 8.37. The molecule has 1 unspecified atom stereocenters. The maximum atomic E-state index is 8.37. The summed E-state index contributed by atoms with van der Waals surface area (Å²) in [5.74, 6) is 2.18. The first-order valence-corrected chi connectivity index (χ1v) is 5.89. The SMILES string of the molecule is Cc1ccc(C(C)NCCCCC(N)=NO)o1. The lowest BCUT2D eigenvalue weighted by Crippen LogP contribution is -2.20. The summed E-state index contributed by atoms with van der Waals surface area (Å²) in [4.78, 5) is 0. The number of furan rings is 1. The minimum Gasteiger partial charge on any atom is -0.465 e. The number of amidine groups is 1. The van der Waals surface area contributed by atoms with Gasteiger partial charge in [0.15, 0.2) is 0 Å². The van der Waals surface area contributed by atoms with Crippen molar-refractivity contribution in [3.8, 4) is 0 Å². The van der Waals surface area contributed by atoms with Crippen molar-refractivity contribution in [2.75, 3.05) is 6.54 Å². The van der Waals surface area contributed by atoms with Crippen LogP contribution in [0.3, 0.4) is 0 Å². The summed E-state index contributed by atoms with van der Waals surface area (Å²) < 4.78 is 5.52. The normalized spacial score (nSPS) is 13.9. The predicted molar refractivity (Wildman–Crippen MR) is 67.1 cm³/mol. The minimum atomic E-state index is 0.215. The molecule has 0 bridgehead atoms. The van der Waals surface area contributed by atoms with Gasteiger partial charge in [0.2, 0.25) is 0 Å². The van der Waals surface area contributed by atoms with E-state index < -0.39 is 0 Å². The van der Waals surface area contributed by atoms with E-state index in [1.54, 1.807) is 0 Å². The van der Waals surface area contributed by atoms with Gasteiger partial charge >= 0.3 is 0 Å². The zero-order valence-corrected chi connectivity index (χ0v) is 10.4. The van der Waals surface area contributed by atoms with Crippen LogP contribution in [-0.2, 0) is 0 Å². The Bertz CT molecular complexity index is 360. The summed E-state index contributed by atoms with van der Waals surface area (Å²) in [6.07, 6.45) is 2.53. The molecule has 0 aromatic carbocycles. The Hall–Kier alpha value is -1.49. The number of nitrogens with two attached hydrogens (primary N) is 1. The summed E-state index contributed by atoms with van der Waals surface area (Å²) in [7, 11) is 0. The van der Waals surface area contributed by atoms with Gasteiger partial charge in [-0.1, -0.05) is 5.16 Å². The van der Waals surface area contributed by atoms with E-state index in [4.69, 9.17) is 15.4 Å². The van der Waals surface area contributed by atoms with Crippen LogP contribution in [0.2, 0.25) is 0 Å². The molecule has 0 aliphatic rings. The summed E-state index contributed by atoms with van der Waals surface area (Å²) in [5, 5.41) is 14.7. The van der Waals surface area contributed by atoms with Crippen molar-refractivity contribution in [1.82, 2.24) is 5.32 Å². The van der Waals surface area contributed by atoms with E-state index in [2.05, 4.69) is 17.4 Å². The number of aryl methyl sites for hydroxylation is 1. The number of unbranched alkanes of at least 4 members (excludes halogenated alkanes) is 1. The van der Waals surface area contributed by atoms with Crippen LogP contribution in [-0.4, -0.2) is 17.6 Å². The largest absolute Gasteiger partial charge is 0.465 e. The summed E-state index contributed by atoms with van der Waals surface area (Å²) in [6, 6.07) is 4.17. The zero-order chi connectivity index (χ0) is 12.7. The number of hydrogen-bond acceptors (Lipinski definition) is 4. The Morgan fingerprint density at radius 1 is 1.53 bits per heavy atom. The lowest BCUT2D eigenvalue weighted by atomic mass is 10.2. The van der Waals surface area contributed by atoms with Crippen molar-refractivity contribution >= 4 is 5.84 Å². The van der Waals surface area contributed by atoms with Crippen LogP contribution in [0.4, 0.5) is 0 Å². The first-order chi connectivity index (χ1) is 8.13. The van der Waals surface area contributed by atoms with Gasteiger partial charge in [0, 0.05) is 6.42 Å². The van der Waals surface area contributed by atoms with Crippen LogP contribution in [0.25, 0.3) is 0 Å². The highest BCUT2D eigenvalue weighted by atomic mass is 16.4. The molecule has 0 fully saturated rings. The van der Waals surface area contributed by atoms with E-state index in [0.717, 1.165) is 30.9 Å². The average Bonchev–Trinajstić information content (AvgIpc) is 2.75. The van der Waals surface area contributed by atoms with Gasteiger partial charge < -0.3 is 20.7 Å². The molecule has 4 N–H and O–H groups in total. The molecule has 1 aromatic heterocycles. The van der Waals surface area contributed by atoms with Gasteiger partial charge in [0.05, 0.1) is 6.04 Å². The summed E-state index contributed by atoms with van der Waals surface area (Å²) in [6.45, 7) is 4.90. The standard InChI is InChI=1S/C12H21N3O2/c1-9-6-7-11(17-9)10(2)14-8-4-3-5-12(13)15-16/h6-7,10,14,16H,3-5,8H2,1-2H3,(H2,13,15). The van der Waals surface area contributed by atoms with Crippen LogP contribution >= 0.6 is 0 Å². The molecule has 1 atom stereocenters. The van der Waals surface area contributed by atoms with E-state index in [9.17, 15) is 0 Å². The molecule has 5 heteroatoms. The van der Waals surface area contributed by atoms with Crippen LogP contribution in [0.5, 0.6) is 0 Å². The molecular formula is C12H21N3O2. The van der Waals surface area contributed by atoms with Gasteiger partial charge in [-0.3, -0.25) is 0 Å². The molecule has 17 heavy (non-hydrogen) atoms. The molecule has 96 valence electrons. The third-order valence-corrected chi connectivity index (χ3v) is 2.63. The topological polar surface area (TPSA) is 83.8 Å².